The van der Waals surface area contributed by atoms with Gasteiger partial charge in [-0.1, -0.05) is 236 Å². The Balaban J connectivity index is 0.000000724. The Morgan fingerprint density at radius 2 is 0.600 bits per heavy atom. The van der Waals surface area contributed by atoms with Crippen LogP contribution in [0.25, 0.3) is 67.5 Å². The van der Waals surface area contributed by atoms with Gasteiger partial charge in [0.1, 0.15) is 0 Å². The quantitative estimate of drug-likeness (QED) is 0.0310. The molecule has 0 aliphatic carbocycles. The van der Waals surface area contributed by atoms with Gasteiger partial charge in [-0.2, -0.15) is 21.6 Å². The van der Waals surface area contributed by atoms with Crippen LogP contribution >= 0.6 is 0 Å². The Morgan fingerprint density at radius 3 is 0.824 bits per heavy atom. The fourth-order valence-electron chi connectivity index (χ4n) is 11.9. The summed E-state index contributed by atoms with van der Waals surface area (Å²) in [5.41, 5.74) is 15.1. The monoisotopic (exact) mass is 2170 g/mol. The first-order valence-corrected chi connectivity index (χ1v) is 64.1. The summed E-state index contributed by atoms with van der Waals surface area (Å²) in [4.78, 5) is 27.2. The molecule has 6 aromatic heterocycles. The van der Waals surface area contributed by atoms with Crippen molar-refractivity contribution in [1.29, 1.82) is 0 Å². The SMILES string of the molecule is CC(C)Cc1cc(-c2[c-]cccc2)ncc1[Si](C)(C)C.CC(C)Cc1cc(-c2ccccc2)ncc1[Si](C)(C)C.CCO.CO.CO.Cc1ccc(-c2[c-]ccc([Si](C)(C)C)c2)nc1.Cc1ccc(-c2[c-]ccc([Si](C)(C)C)c2)nc1.Cc1ccc(-c2[c-]ccc([Si](C)(C)C)c2)nc1.Cc1ccc(-c2[c-]ccc([Si](C)(C)C)c2)nc1.O=S(=O)(O)C(F)(F)F.[Ir+3].[Ir]. The van der Waals surface area contributed by atoms with E-state index in [2.05, 4.69) is 386 Å². The van der Waals surface area contributed by atoms with Gasteiger partial charge >= 0.3 is 35.7 Å². The molecule has 6 aromatic carbocycles. The molecule has 24 heteroatoms. The van der Waals surface area contributed by atoms with Gasteiger partial charge in [-0.25, -0.2) is 0 Å². The van der Waals surface area contributed by atoms with E-state index in [1.54, 1.807) is 6.92 Å². The Bertz CT molecular complexity index is 4720. The second-order valence-corrected chi connectivity index (χ2v) is 68.7. The van der Waals surface area contributed by atoms with Crippen molar-refractivity contribution < 1.29 is 81.7 Å². The first kappa shape index (κ1) is 115. The van der Waals surface area contributed by atoms with Gasteiger partial charge in [0, 0.05) is 83.7 Å². The largest absolute Gasteiger partial charge is 3.00 e. The molecule has 12 rings (SSSR count). The number of alkyl halides is 3. The van der Waals surface area contributed by atoms with Crippen LogP contribution in [-0.2, 0) is 63.2 Å². The topological polar surface area (TPSA) is 192 Å². The molecule has 1 radical (unpaired) electrons. The van der Waals surface area contributed by atoms with E-state index in [0.29, 0.717) is 11.8 Å². The van der Waals surface area contributed by atoms with Crippen LogP contribution in [0.1, 0.15) is 68.0 Å². The van der Waals surface area contributed by atoms with Crippen molar-refractivity contribution in [2.45, 2.75) is 199 Å². The van der Waals surface area contributed by atoms with Gasteiger partial charge in [0.2, 0.25) is 0 Å². The second-order valence-electron chi connectivity index (χ2n) is 36.9. The van der Waals surface area contributed by atoms with Gasteiger partial charge in [0.05, 0.1) is 54.1 Å². The maximum atomic E-state index is 10.7. The van der Waals surface area contributed by atoms with Gasteiger partial charge in [0.15, 0.2) is 0 Å². The van der Waals surface area contributed by atoms with Crippen molar-refractivity contribution in [3.8, 4) is 67.5 Å². The van der Waals surface area contributed by atoms with Crippen LogP contribution in [0.5, 0.6) is 0 Å². The standard InChI is InChI=1S/C18H25NSi.C18H24NSi.4C15H18NSi.C2H6O.CHF3O3S.2CH4O.2Ir/c2*1-14(2)11-16-12-17(15-9-7-6-8-10-15)19-13-18(16)20(3,4)5;4*1-12-8-9-15(16-11-12)13-6-5-7-14(10-13)17(2,3)4;1-2-3;2-1(3,4)8(5,6)7;2*1-2;;/h6-10,12-14H,11H2,1-5H3;6-9,12-14H,11H2,1-5H3;4*5,7-11H,1-4H3;3H,2H2,1H3;(H,5,6,7);2*2H,1H3;;/q;5*-1;;;;;;+3. The number of aromatic nitrogens is 6. The van der Waals surface area contributed by atoms with Crippen molar-refractivity contribution in [3.63, 3.8) is 0 Å². The number of hydrogen-bond donors (Lipinski definition) is 4. The number of aryl methyl sites for hydroxylation is 4. The third kappa shape index (κ3) is 41.6. The van der Waals surface area contributed by atoms with Crippen LogP contribution in [0, 0.1) is 69.9 Å². The average Bonchev–Trinajstić information content (AvgIpc) is 0.764. The van der Waals surface area contributed by atoms with E-state index in [1.165, 1.54) is 70.1 Å². The Hall–Kier alpha value is -7.60. The van der Waals surface area contributed by atoms with Gasteiger partial charge in [-0.05, 0) is 132 Å². The summed E-state index contributed by atoms with van der Waals surface area (Å²) in [5.74, 6) is 1.34. The minimum atomic E-state index is -5.84. The van der Waals surface area contributed by atoms with Crippen molar-refractivity contribution in [1.82, 2.24) is 29.9 Å². The number of aliphatic hydroxyl groups excluding tert-OH is 3. The van der Waals surface area contributed by atoms with E-state index < -0.39 is 64.1 Å². The Morgan fingerprint density at radius 1 is 0.352 bits per heavy atom. The summed E-state index contributed by atoms with van der Waals surface area (Å²) in [6.07, 6.45) is 14.1. The molecule has 0 saturated heterocycles. The molecule has 0 atom stereocenters. The summed E-state index contributed by atoms with van der Waals surface area (Å²) in [6, 6.07) is 81.9. The van der Waals surface area contributed by atoms with Crippen LogP contribution in [0.3, 0.4) is 0 Å². The fourth-order valence-corrected chi connectivity index (χ4v) is 19.7. The van der Waals surface area contributed by atoms with Crippen LogP contribution in [0.15, 0.2) is 225 Å². The maximum absolute atomic E-state index is 10.7. The average molecular weight is 2170 g/mol. The van der Waals surface area contributed by atoms with E-state index in [9.17, 15) is 13.2 Å². The zero-order chi connectivity index (χ0) is 93.1. The molecule has 12 aromatic rings. The van der Waals surface area contributed by atoms with Crippen molar-refractivity contribution in [2.24, 2.45) is 11.8 Å². The summed E-state index contributed by atoms with van der Waals surface area (Å²) in [5, 5.41) is 30.4. The predicted octanol–water partition coefficient (Wildman–Crippen LogP) is 22.0. The molecule has 4 N–H and O–H groups in total. The smallest absolute Gasteiger partial charge is 0.400 e. The molecular weight excluding hydrogens is 2040 g/mol. The Labute approximate surface area is 782 Å². The molecule has 12 nitrogen and oxygen atoms in total. The van der Waals surface area contributed by atoms with Crippen LogP contribution in [-0.4, -0.2) is 133 Å². The number of hydrogen-bond acceptors (Lipinski definition) is 11. The van der Waals surface area contributed by atoms with Crippen LogP contribution < -0.4 is 31.1 Å². The number of aliphatic hydroxyl groups is 3. The number of nitrogens with zero attached hydrogens (tertiary/aromatic N) is 6. The molecule has 125 heavy (non-hydrogen) atoms. The van der Waals surface area contributed by atoms with Gasteiger partial charge in [-0.15, -0.1) is 176 Å². The molecule has 0 aliphatic rings. The van der Waals surface area contributed by atoms with Gasteiger partial charge in [-0.3, -0.25) is 9.54 Å². The van der Waals surface area contributed by atoms with Crippen molar-refractivity contribution in [3.05, 3.63) is 289 Å². The Kier molecular flexibility index (Phi) is 49.9. The number of rotatable bonds is 16. The molecule has 6 heterocycles. The summed E-state index contributed by atoms with van der Waals surface area (Å²) >= 11 is 0. The first-order valence-electron chi connectivity index (χ1n) is 41.6. The number of pyridine rings is 6. The third-order valence-corrected chi connectivity index (χ3v) is 31.5. The molecule has 0 unspecified atom stereocenters. The van der Waals surface area contributed by atoms with E-state index in [0.717, 1.165) is 89.0 Å². The van der Waals surface area contributed by atoms with Gasteiger partial charge in [0.25, 0.3) is 0 Å². The zero-order valence-electron chi connectivity index (χ0n) is 79.1. The van der Waals surface area contributed by atoms with E-state index >= 15 is 0 Å². The normalized spacial score (nSPS) is 11.2. The van der Waals surface area contributed by atoms with Crippen molar-refractivity contribution in [2.75, 3.05) is 20.8 Å². The minimum Gasteiger partial charge on any atom is -0.400 e. The molecule has 0 aliphatic heterocycles. The van der Waals surface area contributed by atoms with Gasteiger partial charge < -0.3 is 40.2 Å². The summed E-state index contributed by atoms with van der Waals surface area (Å²) in [7, 11) is -11.5. The summed E-state index contributed by atoms with van der Waals surface area (Å²) < 4.78 is 57.5. The van der Waals surface area contributed by atoms with Crippen LogP contribution in [0.4, 0.5) is 13.2 Å². The molecule has 0 bridgehead atoms. The molecule has 677 valence electrons. The van der Waals surface area contributed by atoms with E-state index in [1.807, 2.05) is 67.3 Å². The molecule has 0 fully saturated rings. The fraction of sp³-hybridized carbons (Fsp3) is 0.347. The van der Waals surface area contributed by atoms with E-state index in [4.69, 9.17) is 33.3 Å². The molecule has 0 saturated carbocycles. The molecule has 0 spiro atoms. The first-order chi connectivity index (χ1) is 57.3. The number of halogens is 3. The molecule has 0 amide bonds. The van der Waals surface area contributed by atoms with Crippen molar-refractivity contribution >= 4 is 89.7 Å². The number of benzene rings is 6. The predicted molar refractivity (Wildman–Crippen MR) is 533 cm³/mol. The third-order valence-electron chi connectivity index (χ3n) is 18.6. The zero-order valence-corrected chi connectivity index (χ0v) is 90.7. The minimum absolute atomic E-state index is 0. The maximum Gasteiger partial charge on any atom is 3.00 e. The second kappa shape index (κ2) is 54.0. The van der Waals surface area contributed by atoms with E-state index in [-0.39, 0.29) is 46.8 Å². The molecular formula is C101H136F3Ir2N6O6SSi6-2. The summed E-state index contributed by atoms with van der Waals surface area (Å²) in [6.45, 7) is 61.9. The van der Waals surface area contributed by atoms with Crippen LogP contribution in [0.2, 0.25) is 118 Å².